The van der Waals surface area contributed by atoms with Gasteiger partial charge in [0, 0.05) is 18.1 Å². The van der Waals surface area contributed by atoms with Gasteiger partial charge in [0.2, 0.25) is 15.9 Å². The molecule has 1 amide bonds. The number of nitrogens with one attached hydrogen (secondary N) is 2. The Labute approximate surface area is 120 Å². The first-order valence-corrected chi connectivity index (χ1v) is 7.74. The molecule has 0 saturated heterocycles. The molecule has 106 valence electrons. The van der Waals surface area contributed by atoms with Gasteiger partial charge in [-0.3, -0.25) is 4.79 Å². The summed E-state index contributed by atoms with van der Waals surface area (Å²) in [7, 11) is -2.15. The zero-order valence-electron chi connectivity index (χ0n) is 10.3. The first-order chi connectivity index (χ1) is 8.95. The average Bonchev–Trinajstić information content (AvgIpc) is 2.37. The van der Waals surface area contributed by atoms with Crippen molar-refractivity contribution >= 4 is 31.9 Å². The summed E-state index contributed by atoms with van der Waals surface area (Å²) in [6, 6.07) is 6.14. The smallest absolute Gasteiger partial charge is 0.241 e. The monoisotopic (exact) mass is 350 g/mol. The van der Waals surface area contributed by atoms with Gasteiger partial charge in [-0.25, -0.2) is 13.1 Å². The fraction of sp³-hybridized carbons (Fsp3) is 0.364. The van der Waals surface area contributed by atoms with Crippen LogP contribution in [-0.2, 0) is 19.6 Å². The fourth-order valence-electron chi connectivity index (χ4n) is 1.21. The van der Waals surface area contributed by atoms with E-state index in [0.717, 1.165) is 4.47 Å². The van der Waals surface area contributed by atoms with Gasteiger partial charge in [-0.05, 0) is 24.3 Å². The number of sulfonamides is 1. The van der Waals surface area contributed by atoms with Crippen molar-refractivity contribution in [2.75, 3.05) is 26.8 Å². The van der Waals surface area contributed by atoms with Gasteiger partial charge >= 0.3 is 0 Å². The van der Waals surface area contributed by atoms with Crippen LogP contribution in [0.1, 0.15) is 0 Å². The second kappa shape index (κ2) is 7.59. The lowest BCUT2D eigenvalue weighted by atomic mass is 10.4. The number of hydrogen-bond donors (Lipinski definition) is 2. The van der Waals surface area contributed by atoms with Gasteiger partial charge in [-0.1, -0.05) is 15.9 Å². The van der Waals surface area contributed by atoms with Crippen molar-refractivity contribution in [2.24, 2.45) is 0 Å². The maximum atomic E-state index is 11.8. The minimum Gasteiger partial charge on any atom is -0.383 e. The molecule has 0 bridgehead atoms. The number of carbonyl (C=O) groups is 1. The molecule has 0 fully saturated rings. The second-order valence-corrected chi connectivity index (χ2v) is 6.30. The molecule has 19 heavy (non-hydrogen) atoms. The Morgan fingerprint density at radius 2 is 1.95 bits per heavy atom. The van der Waals surface area contributed by atoms with Gasteiger partial charge in [-0.15, -0.1) is 0 Å². The Morgan fingerprint density at radius 3 is 2.53 bits per heavy atom. The number of amides is 1. The molecule has 0 atom stereocenters. The summed E-state index contributed by atoms with van der Waals surface area (Å²) in [5, 5.41) is 2.52. The van der Waals surface area contributed by atoms with Crippen LogP contribution in [0.15, 0.2) is 33.6 Å². The number of methoxy groups -OCH3 is 1. The molecule has 0 aliphatic carbocycles. The van der Waals surface area contributed by atoms with Crippen LogP contribution in [0.25, 0.3) is 0 Å². The van der Waals surface area contributed by atoms with E-state index in [0.29, 0.717) is 13.2 Å². The first kappa shape index (κ1) is 16.1. The summed E-state index contributed by atoms with van der Waals surface area (Å²) in [6.45, 7) is 0.419. The van der Waals surface area contributed by atoms with E-state index in [9.17, 15) is 13.2 Å². The lowest BCUT2D eigenvalue weighted by Gasteiger charge is -2.07. The highest BCUT2D eigenvalue weighted by molar-refractivity contribution is 9.10. The Hall–Kier alpha value is -0.960. The third-order valence-electron chi connectivity index (χ3n) is 2.18. The summed E-state index contributed by atoms with van der Waals surface area (Å²) in [6.07, 6.45) is 0. The molecular formula is C11H15BrN2O4S. The van der Waals surface area contributed by atoms with Gasteiger partial charge < -0.3 is 10.1 Å². The van der Waals surface area contributed by atoms with Crippen molar-refractivity contribution in [3.05, 3.63) is 28.7 Å². The summed E-state index contributed by atoms with van der Waals surface area (Å²) in [4.78, 5) is 11.5. The molecular weight excluding hydrogens is 336 g/mol. The normalized spacial score (nSPS) is 11.3. The number of rotatable bonds is 7. The van der Waals surface area contributed by atoms with Gasteiger partial charge in [0.05, 0.1) is 18.0 Å². The molecule has 2 N–H and O–H groups in total. The van der Waals surface area contributed by atoms with E-state index in [1.165, 1.54) is 19.2 Å². The largest absolute Gasteiger partial charge is 0.383 e. The van der Waals surface area contributed by atoms with Crippen molar-refractivity contribution in [1.29, 1.82) is 0 Å². The van der Waals surface area contributed by atoms with E-state index < -0.39 is 15.9 Å². The van der Waals surface area contributed by atoms with Crippen molar-refractivity contribution in [3.8, 4) is 0 Å². The van der Waals surface area contributed by atoms with Crippen molar-refractivity contribution in [1.82, 2.24) is 10.0 Å². The van der Waals surface area contributed by atoms with Gasteiger partial charge in [0.15, 0.2) is 0 Å². The van der Waals surface area contributed by atoms with E-state index in [-0.39, 0.29) is 11.4 Å². The molecule has 6 nitrogen and oxygen atoms in total. The van der Waals surface area contributed by atoms with Gasteiger partial charge in [-0.2, -0.15) is 0 Å². The number of ether oxygens (including phenoxy) is 1. The predicted octanol–water partition coefficient (Wildman–Crippen LogP) is 0.490. The van der Waals surface area contributed by atoms with Crippen LogP contribution in [0.3, 0.4) is 0 Å². The topological polar surface area (TPSA) is 84.5 Å². The fourth-order valence-corrected chi connectivity index (χ4v) is 2.46. The zero-order valence-corrected chi connectivity index (χ0v) is 12.8. The standard InChI is InChI=1S/C11H15BrN2O4S/c1-18-7-6-13-11(15)8-14-19(16,17)10-4-2-9(12)3-5-10/h2-5,14H,6-8H2,1H3,(H,13,15). The highest BCUT2D eigenvalue weighted by Gasteiger charge is 2.14. The third kappa shape index (κ3) is 5.68. The highest BCUT2D eigenvalue weighted by atomic mass is 79.9. The first-order valence-electron chi connectivity index (χ1n) is 5.46. The van der Waals surface area contributed by atoms with Crippen LogP contribution in [0.5, 0.6) is 0 Å². The highest BCUT2D eigenvalue weighted by Crippen LogP contribution is 2.14. The third-order valence-corrected chi connectivity index (χ3v) is 4.12. The molecule has 0 saturated carbocycles. The minimum absolute atomic E-state index is 0.111. The van der Waals surface area contributed by atoms with E-state index in [2.05, 4.69) is 26.0 Å². The van der Waals surface area contributed by atoms with Crippen LogP contribution in [0.2, 0.25) is 0 Å². The molecule has 1 rings (SSSR count). The van der Waals surface area contributed by atoms with Crippen molar-refractivity contribution < 1.29 is 17.9 Å². The molecule has 0 spiro atoms. The van der Waals surface area contributed by atoms with Crippen LogP contribution < -0.4 is 10.0 Å². The Kier molecular flexibility index (Phi) is 6.43. The lowest BCUT2D eigenvalue weighted by Crippen LogP contribution is -2.38. The van der Waals surface area contributed by atoms with Crippen LogP contribution >= 0.6 is 15.9 Å². The number of halogens is 1. The minimum atomic E-state index is -3.67. The SMILES string of the molecule is COCCNC(=O)CNS(=O)(=O)c1ccc(Br)cc1. The quantitative estimate of drug-likeness (QED) is 0.701. The van der Waals surface area contributed by atoms with Gasteiger partial charge in [0.1, 0.15) is 0 Å². The Bertz CT molecular complexity index is 516. The van der Waals surface area contributed by atoms with Crippen molar-refractivity contribution in [3.63, 3.8) is 0 Å². The summed E-state index contributed by atoms with van der Waals surface area (Å²) in [5.74, 6) is -0.405. The summed E-state index contributed by atoms with van der Waals surface area (Å²) < 4.78 is 31.5. The zero-order chi connectivity index (χ0) is 14.3. The lowest BCUT2D eigenvalue weighted by molar-refractivity contribution is -0.120. The van der Waals surface area contributed by atoms with Gasteiger partial charge in [0.25, 0.3) is 0 Å². The molecule has 0 radical (unpaired) electrons. The summed E-state index contributed by atoms with van der Waals surface area (Å²) in [5.41, 5.74) is 0. The van der Waals surface area contributed by atoms with E-state index >= 15 is 0 Å². The van der Waals surface area contributed by atoms with E-state index in [1.807, 2.05) is 0 Å². The summed E-state index contributed by atoms with van der Waals surface area (Å²) >= 11 is 3.22. The molecule has 0 unspecified atom stereocenters. The second-order valence-electron chi connectivity index (χ2n) is 3.62. The molecule has 1 aromatic rings. The molecule has 8 heteroatoms. The number of hydrogen-bond acceptors (Lipinski definition) is 4. The number of benzene rings is 1. The molecule has 0 heterocycles. The van der Waals surface area contributed by atoms with Crippen LogP contribution in [0, 0.1) is 0 Å². The molecule has 0 aliphatic rings. The number of carbonyl (C=O) groups excluding carboxylic acids is 1. The Morgan fingerprint density at radius 1 is 1.32 bits per heavy atom. The molecule has 1 aromatic carbocycles. The van der Waals surface area contributed by atoms with Crippen molar-refractivity contribution in [2.45, 2.75) is 4.90 Å². The molecule has 0 aliphatic heterocycles. The van der Waals surface area contributed by atoms with Crippen LogP contribution in [0.4, 0.5) is 0 Å². The Balaban J connectivity index is 2.51. The predicted molar refractivity (Wildman–Crippen MR) is 74.2 cm³/mol. The van der Waals surface area contributed by atoms with E-state index in [1.54, 1.807) is 12.1 Å². The average molecular weight is 351 g/mol. The maximum Gasteiger partial charge on any atom is 0.241 e. The molecule has 0 aromatic heterocycles. The van der Waals surface area contributed by atoms with Crippen LogP contribution in [-0.4, -0.2) is 41.1 Å². The maximum absolute atomic E-state index is 11.8. The van der Waals surface area contributed by atoms with E-state index in [4.69, 9.17) is 4.74 Å².